The number of aliphatic hydroxyl groups is 2. The zero-order chi connectivity index (χ0) is 15.0. The number of hydrogen-bond acceptors (Lipinski definition) is 4. The summed E-state index contributed by atoms with van der Waals surface area (Å²) in [6.07, 6.45) is 0. The second kappa shape index (κ2) is 4.96. The van der Waals surface area contributed by atoms with Gasteiger partial charge in [-0.3, -0.25) is 9.11 Å². The molecule has 0 aliphatic carbocycles. The second-order valence-electron chi connectivity index (χ2n) is 4.64. The second-order valence-corrected chi connectivity index (χ2v) is 6.53. The van der Waals surface area contributed by atoms with E-state index >= 15 is 0 Å². The Bertz CT molecular complexity index is 733. The predicted molar refractivity (Wildman–Crippen MR) is 84.8 cm³/mol. The normalized spacial score (nSPS) is 19.0. The highest BCUT2D eigenvalue weighted by molar-refractivity contribution is 8.35. The third-order valence-electron chi connectivity index (χ3n) is 3.32. The smallest absolute Gasteiger partial charge is 0.252 e. The summed E-state index contributed by atoms with van der Waals surface area (Å²) in [4.78, 5) is 0.143. The van der Waals surface area contributed by atoms with Crippen LogP contribution >= 0.6 is 10.6 Å². The summed E-state index contributed by atoms with van der Waals surface area (Å²) >= 11 is 0. The predicted octanol–water partition coefficient (Wildman–Crippen LogP) is 4.60. The van der Waals surface area contributed by atoms with Crippen LogP contribution in [0.2, 0.25) is 0 Å². The summed E-state index contributed by atoms with van der Waals surface area (Å²) in [6.45, 7) is 0. The van der Waals surface area contributed by atoms with E-state index in [4.69, 9.17) is 0 Å². The van der Waals surface area contributed by atoms with Gasteiger partial charge >= 0.3 is 0 Å². The lowest BCUT2D eigenvalue weighted by molar-refractivity contribution is 0.356. The van der Waals surface area contributed by atoms with Crippen molar-refractivity contribution in [1.29, 1.82) is 0 Å². The highest BCUT2D eigenvalue weighted by Gasteiger charge is 2.40. The van der Waals surface area contributed by atoms with Gasteiger partial charge in [-0.1, -0.05) is 60.7 Å². The molecule has 0 radical (unpaired) electrons. The average Bonchev–Trinajstić information content (AvgIpc) is 2.69. The Morgan fingerprint density at radius 3 is 1.67 bits per heavy atom. The van der Waals surface area contributed by atoms with E-state index in [1.165, 1.54) is 0 Å². The number of aliphatic hydroxyl groups excluding tert-OH is 2. The maximum Gasteiger partial charge on any atom is 0.252 e. The lowest BCUT2D eigenvalue weighted by Crippen LogP contribution is -2.00. The van der Waals surface area contributed by atoms with Gasteiger partial charge in [0.05, 0.1) is 10.5 Å². The van der Waals surface area contributed by atoms with Gasteiger partial charge < -0.3 is 10.2 Å². The van der Waals surface area contributed by atoms with Crippen LogP contribution in [-0.4, -0.2) is 19.3 Å². The minimum absolute atomic E-state index is 0.143. The van der Waals surface area contributed by atoms with E-state index in [9.17, 15) is 19.3 Å². The van der Waals surface area contributed by atoms with Gasteiger partial charge in [-0.15, -0.1) is 10.6 Å². The molecule has 1 aliphatic rings. The number of benzene rings is 2. The van der Waals surface area contributed by atoms with Crippen LogP contribution in [0.5, 0.6) is 0 Å². The number of rotatable bonds is 2. The molecule has 108 valence electrons. The molecule has 21 heavy (non-hydrogen) atoms. The number of allylic oxidation sites excluding steroid dienone is 1. The van der Waals surface area contributed by atoms with E-state index in [1.807, 2.05) is 6.07 Å². The van der Waals surface area contributed by atoms with Crippen LogP contribution in [0.25, 0.3) is 10.5 Å². The molecule has 0 unspecified atom stereocenters. The highest BCUT2D eigenvalue weighted by atomic mass is 32.3. The molecule has 0 bridgehead atoms. The van der Waals surface area contributed by atoms with Gasteiger partial charge in [0.15, 0.2) is 5.76 Å². The van der Waals surface area contributed by atoms with E-state index in [0.29, 0.717) is 11.1 Å². The lowest BCUT2D eigenvalue weighted by atomic mass is 10.0. The first-order chi connectivity index (χ1) is 10.0. The molecule has 0 saturated carbocycles. The van der Waals surface area contributed by atoms with Crippen LogP contribution < -0.4 is 0 Å². The van der Waals surface area contributed by atoms with E-state index in [-0.39, 0.29) is 10.5 Å². The van der Waals surface area contributed by atoms with Crippen LogP contribution in [0.1, 0.15) is 11.1 Å². The molecule has 2 aromatic carbocycles. The molecule has 0 spiro atoms. The first-order valence-electron chi connectivity index (χ1n) is 6.29. The SMILES string of the molecule is OC1=C(O)S(O)(O)C(c2ccccc2)=C1c1ccccc1. The van der Waals surface area contributed by atoms with Crippen molar-refractivity contribution >= 4 is 21.1 Å². The number of hydrogen-bond donors (Lipinski definition) is 4. The molecule has 0 fully saturated rings. The molecule has 5 heteroatoms. The molecule has 3 rings (SSSR count). The summed E-state index contributed by atoms with van der Waals surface area (Å²) in [5, 5.41) is 19.3. The minimum Gasteiger partial charge on any atom is -0.503 e. The van der Waals surface area contributed by atoms with E-state index < -0.39 is 21.4 Å². The van der Waals surface area contributed by atoms with Crippen LogP contribution in [0.15, 0.2) is 71.5 Å². The Labute approximate surface area is 123 Å². The fraction of sp³-hybridized carbons (Fsp3) is 0. The molecule has 0 amide bonds. The zero-order valence-electron chi connectivity index (χ0n) is 11.0. The Morgan fingerprint density at radius 1 is 0.667 bits per heavy atom. The molecule has 1 heterocycles. The van der Waals surface area contributed by atoms with Crippen molar-refractivity contribution in [3.05, 3.63) is 82.6 Å². The Morgan fingerprint density at radius 2 is 1.14 bits per heavy atom. The van der Waals surface area contributed by atoms with Gasteiger partial charge in [0.1, 0.15) is 0 Å². The van der Waals surface area contributed by atoms with Gasteiger partial charge in [-0.25, -0.2) is 0 Å². The van der Waals surface area contributed by atoms with Gasteiger partial charge in [0.2, 0.25) is 0 Å². The quantitative estimate of drug-likeness (QED) is 0.653. The zero-order valence-corrected chi connectivity index (χ0v) is 11.8. The Balaban J connectivity index is 2.31. The van der Waals surface area contributed by atoms with Crippen molar-refractivity contribution in [3.63, 3.8) is 0 Å². The molecular weight excluding hydrogens is 288 g/mol. The highest BCUT2D eigenvalue weighted by Crippen LogP contribution is 2.66. The molecule has 2 aromatic rings. The van der Waals surface area contributed by atoms with Gasteiger partial charge in [0.25, 0.3) is 5.09 Å². The Kier molecular flexibility index (Phi) is 3.25. The van der Waals surface area contributed by atoms with Crippen LogP contribution in [0.4, 0.5) is 0 Å². The summed E-state index contributed by atoms with van der Waals surface area (Å²) in [5.74, 6) is -0.486. The van der Waals surface area contributed by atoms with Crippen LogP contribution in [0.3, 0.4) is 0 Å². The summed E-state index contributed by atoms with van der Waals surface area (Å²) in [5.41, 5.74) is 1.41. The van der Waals surface area contributed by atoms with E-state index in [0.717, 1.165) is 0 Å². The van der Waals surface area contributed by atoms with E-state index in [1.54, 1.807) is 54.6 Å². The molecule has 4 nitrogen and oxygen atoms in total. The fourth-order valence-corrected chi connectivity index (χ4v) is 3.89. The molecule has 0 aromatic heterocycles. The monoisotopic (exact) mass is 302 g/mol. The maximum absolute atomic E-state index is 10.3. The summed E-state index contributed by atoms with van der Waals surface area (Å²) in [7, 11) is -3.60. The summed E-state index contributed by atoms with van der Waals surface area (Å²) < 4.78 is 20.6. The molecule has 4 N–H and O–H groups in total. The molecule has 1 aliphatic heterocycles. The Hall–Kier alpha value is -2.21. The van der Waals surface area contributed by atoms with Crippen molar-refractivity contribution in [2.24, 2.45) is 0 Å². The fourth-order valence-electron chi connectivity index (χ4n) is 2.36. The average molecular weight is 302 g/mol. The van der Waals surface area contributed by atoms with Crippen molar-refractivity contribution in [2.75, 3.05) is 0 Å². The maximum atomic E-state index is 10.3. The minimum atomic E-state index is -3.60. The first-order valence-corrected chi connectivity index (χ1v) is 7.84. The van der Waals surface area contributed by atoms with Crippen LogP contribution in [-0.2, 0) is 0 Å². The van der Waals surface area contributed by atoms with Crippen molar-refractivity contribution in [3.8, 4) is 0 Å². The van der Waals surface area contributed by atoms with Gasteiger partial charge in [-0.2, -0.15) is 0 Å². The summed E-state index contributed by atoms with van der Waals surface area (Å²) in [6, 6.07) is 17.6. The standard InChI is InChI=1S/C16H14O4S/c17-14-13(11-7-3-1-4-8-11)15(21(19,20)16(14)18)12-9-5-2-6-10-12/h1-10,17-20H. The van der Waals surface area contributed by atoms with Crippen LogP contribution in [0, 0.1) is 0 Å². The molecule has 0 saturated heterocycles. The molecule has 0 atom stereocenters. The third kappa shape index (κ3) is 2.12. The first kappa shape index (κ1) is 13.8. The largest absolute Gasteiger partial charge is 0.503 e. The van der Waals surface area contributed by atoms with E-state index in [2.05, 4.69) is 0 Å². The third-order valence-corrected chi connectivity index (χ3v) is 5.06. The van der Waals surface area contributed by atoms with Crippen molar-refractivity contribution in [1.82, 2.24) is 0 Å². The van der Waals surface area contributed by atoms with Crippen molar-refractivity contribution < 1.29 is 19.3 Å². The topological polar surface area (TPSA) is 80.9 Å². The van der Waals surface area contributed by atoms with Gasteiger partial charge in [0, 0.05) is 0 Å². The van der Waals surface area contributed by atoms with Crippen molar-refractivity contribution in [2.45, 2.75) is 0 Å². The molecular formula is C16H14O4S. The van der Waals surface area contributed by atoms with Gasteiger partial charge in [-0.05, 0) is 11.1 Å². The lowest BCUT2D eigenvalue weighted by Gasteiger charge is -2.29.